The van der Waals surface area contributed by atoms with Crippen LogP contribution in [-0.4, -0.2) is 57.6 Å². The maximum atomic E-state index is 6.41. The van der Waals surface area contributed by atoms with Crippen LogP contribution in [0.15, 0.2) is 54.6 Å². The van der Waals surface area contributed by atoms with Crippen LogP contribution in [0, 0.1) is 12.8 Å². The average Bonchev–Trinajstić information content (AvgIpc) is 4.11. The van der Waals surface area contributed by atoms with Gasteiger partial charge in [0, 0.05) is 37.1 Å². The number of likely N-dealkylation sites (tertiary alicyclic amines) is 1. The molecule has 13 aromatic carbocycles. The minimum atomic E-state index is -0.0584. The van der Waals surface area contributed by atoms with Gasteiger partial charge in [-0.2, -0.15) is 0 Å². The fourth-order valence-corrected chi connectivity index (χ4v) is 16.3. The van der Waals surface area contributed by atoms with Crippen LogP contribution in [-0.2, 0) is 32.5 Å². The van der Waals surface area contributed by atoms with Crippen molar-refractivity contribution >= 4 is 130 Å². The number of benzene rings is 9. The highest BCUT2D eigenvalue weighted by atomic mass is 16.5. The van der Waals surface area contributed by atoms with Crippen molar-refractivity contribution in [1.82, 2.24) is 4.90 Å². The summed E-state index contributed by atoms with van der Waals surface area (Å²) in [4.78, 5) is 2.87. The molecule has 1 fully saturated rings. The maximum absolute atomic E-state index is 6.41. The third kappa shape index (κ3) is 2.83. The van der Waals surface area contributed by atoms with Crippen LogP contribution in [0.3, 0.4) is 0 Å². The molecule has 1 saturated heterocycles. The Morgan fingerprint density at radius 3 is 1.83 bits per heavy atom. The van der Waals surface area contributed by atoms with Gasteiger partial charge in [0.1, 0.15) is 0 Å². The molecule has 4 heteroatoms. The molecular formula is C56H39NO3. The molecule has 1 aliphatic heterocycles. The highest BCUT2D eigenvalue weighted by Crippen LogP contribution is 2.70. The standard InChI is InChI=1S/C56H39NO3/c1-3-58-10-11-60-13-12-59-9-8-57-22-33-32-20-30-18-27-16-28-15-25-14-26-17-29-19-31-21-56(33,55(57)24-6-4-23(2)5-7-24)54-40(31)45-39(29)44-35(26)34(25)42-38(28)43-36(27)37(30)46-41(32)53(54)52-50(45)48(44)47(42)49(43)51(46)52/h4-7,14-17,19,33,55H,3,8-13,18,20-22H2,1-2H3. The van der Waals surface area contributed by atoms with Crippen LogP contribution in [0.2, 0.25) is 0 Å². The molecule has 0 amide bonds. The number of ether oxygens (including phenoxy) is 3. The molecule has 13 aromatic rings. The number of hydrogen-bond donors (Lipinski definition) is 0. The van der Waals surface area contributed by atoms with Gasteiger partial charge in [-0.15, -0.1) is 0 Å². The zero-order valence-corrected chi connectivity index (χ0v) is 33.8. The van der Waals surface area contributed by atoms with Gasteiger partial charge in [-0.05, 0) is 202 Å². The second kappa shape index (κ2) is 9.42. The van der Waals surface area contributed by atoms with Crippen molar-refractivity contribution in [3.63, 3.8) is 0 Å². The molecule has 1 heterocycles. The SMILES string of the molecule is CCOCCOCCOCCN1CC2C3=c4c5c6c7c(cc8cc9cc%10cc%11cc%12c%13c(c4c4c5c5c7c8c7c9c%10c8c%11c%13c4c8c75)=C(C3)C%12)CC62C1c1ccc(C)cc1. The van der Waals surface area contributed by atoms with Gasteiger partial charge >= 0.3 is 0 Å². The van der Waals surface area contributed by atoms with Gasteiger partial charge in [-0.3, -0.25) is 4.90 Å². The molecule has 18 rings (SSSR count). The number of aryl methyl sites for hydroxylation is 1. The predicted molar refractivity (Wildman–Crippen MR) is 247 cm³/mol. The Labute approximate surface area is 343 Å². The molecule has 286 valence electrons. The fraction of sp³-hybridized carbons (Fsp3) is 0.286. The lowest BCUT2D eigenvalue weighted by atomic mass is 9.60. The summed E-state index contributed by atoms with van der Waals surface area (Å²) < 4.78 is 17.7. The molecular weight excluding hydrogens is 735 g/mol. The summed E-state index contributed by atoms with van der Waals surface area (Å²) >= 11 is 0. The molecule has 4 aliphatic carbocycles. The van der Waals surface area contributed by atoms with E-state index in [1.54, 1.807) is 130 Å². The van der Waals surface area contributed by atoms with Crippen molar-refractivity contribution in [2.45, 2.75) is 44.6 Å². The Balaban J connectivity index is 0.984. The molecule has 0 saturated carbocycles. The molecule has 5 aliphatic rings. The largest absolute Gasteiger partial charge is 0.379 e. The first-order chi connectivity index (χ1) is 29.7. The number of fused-ring (bicyclic) bond motifs is 1. The summed E-state index contributed by atoms with van der Waals surface area (Å²) in [7, 11) is 0. The monoisotopic (exact) mass is 773 g/mol. The van der Waals surface area contributed by atoms with E-state index in [4.69, 9.17) is 14.2 Å². The Kier molecular flexibility index (Phi) is 4.81. The topological polar surface area (TPSA) is 30.9 Å². The highest BCUT2D eigenvalue weighted by Gasteiger charge is 2.62. The Bertz CT molecular complexity index is 4160. The number of rotatable bonds is 11. The molecule has 3 atom stereocenters. The first-order valence-electron chi connectivity index (χ1n) is 22.7. The lowest BCUT2D eigenvalue weighted by Gasteiger charge is -2.43. The quantitative estimate of drug-likeness (QED) is 0.0968. The minimum Gasteiger partial charge on any atom is -0.379 e. The maximum Gasteiger partial charge on any atom is 0.0701 e. The van der Waals surface area contributed by atoms with Crippen LogP contribution < -0.4 is 10.4 Å². The second-order valence-corrected chi connectivity index (χ2v) is 20.0. The van der Waals surface area contributed by atoms with Crippen LogP contribution >= 0.6 is 0 Å². The summed E-state index contributed by atoms with van der Waals surface area (Å²) in [6, 6.07) is 23.0. The van der Waals surface area contributed by atoms with Crippen molar-refractivity contribution in [3.05, 3.63) is 92.9 Å². The molecule has 0 aromatic heterocycles. The van der Waals surface area contributed by atoms with E-state index in [1.807, 2.05) is 6.92 Å². The van der Waals surface area contributed by atoms with Crippen molar-refractivity contribution in [2.75, 3.05) is 52.7 Å². The molecule has 3 unspecified atom stereocenters. The van der Waals surface area contributed by atoms with Crippen molar-refractivity contribution in [2.24, 2.45) is 5.92 Å². The van der Waals surface area contributed by atoms with Gasteiger partial charge in [0.15, 0.2) is 0 Å². The second-order valence-electron chi connectivity index (χ2n) is 20.0. The van der Waals surface area contributed by atoms with Gasteiger partial charge in [0.25, 0.3) is 0 Å². The van der Waals surface area contributed by atoms with Gasteiger partial charge in [-0.25, -0.2) is 0 Å². The molecule has 60 heavy (non-hydrogen) atoms. The zero-order chi connectivity index (χ0) is 38.4. The lowest BCUT2D eigenvalue weighted by Crippen LogP contribution is -2.44. The summed E-state index contributed by atoms with van der Waals surface area (Å²) in [5, 5.41) is 38.0. The van der Waals surface area contributed by atoms with Crippen molar-refractivity contribution in [1.29, 1.82) is 0 Å². The van der Waals surface area contributed by atoms with E-state index in [0.717, 1.165) is 39.0 Å². The van der Waals surface area contributed by atoms with Crippen LogP contribution in [0.4, 0.5) is 0 Å². The first-order valence-corrected chi connectivity index (χ1v) is 22.7. The van der Waals surface area contributed by atoms with E-state index in [9.17, 15) is 0 Å². The smallest absolute Gasteiger partial charge is 0.0701 e. The average molecular weight is 774 g/mol. The van der Waals surface area contributed by atoms with Gasteiger partial charge in [-0.1, -0.05) is 53.1 Å². The van der Waals surface area contributed by atoms with Crippen LogP contribution in [0.5, 0.6) is 0 Å². The van der Waals surface area contributed by atoms with E-state index in [2.05, 4.69) is 66.4 Å². The van der Waals surface area contributed by atoms with Gasteiger partial charge < -0.3 is 14.2 Å². The first kappa shape index (κ1) is 30.6. The highest BCUT2D eigenvalue weighted by molar-refractivity contribution is 6.63. The number of hydrogen-bond acceptors (Lipinski definition) is 4. The van der Waals surface area contributed by atoms with E-state index in [0.29, 0.717) is 39.0 Å². The molecule has 1 spiro atoms. The van der Waals surface area contributed by atoms with E-state index < -0.39 is 0 Å². The number of nitrogens with zero attached hydrogens (tertiary/aromatic N) is 1. The van der Waals surface area contributed by atoms with E-state index in [1.165, 1.54) is 38.1 Å². The molecule has 0 N–H and O–H groups in total. The fourth-order valence-electron chi connectivity index (χ4n) is 16.3. The van der Waals surface area contributed by atoms with Crippen molar-refractivity contribution < 1.29 is 14.2 Å². The Morgan fingerprint density at radius 2 is 1.12 bits per heavy atom. The Morgan fingerprint density at radius 1 is 0.550 bits per heavy atom. The molecule has 4 nitrogen and oxygen atoms in total. The van der Waals surface area contributed by atoms with E-state index >= 15 is 0 Å². The zero-order valence-electron chi connectivity index (χ0n) is 33.8. The summed E-state index contributed by atoms with van der Waals surface area (Å²) in [5.74, 6) is 0.432. The minimum absolute atomic E-state index is 0.0584. The van der Waals surface area contributed by atoms with Crippen LogP contribution in [0.25, 0.3) is 130 Å². The summed E-state index contributed by atoms with van der Waals surface area (Å²) in [5.41, 5.74) is 11.1. The predicted octanol–water partition coefficient (Wildman–Crippen LogP) is 10.4. The third-order valence-corrected chi connectivity index (χ3v) is 17.7. The normalized spacial score (nSPS) is 22.5. The van der Waals surface area contributed by atoms with Crippen LogP contribution in [0.1, 0.15) is 47.2 Å². The molecule has 0 bridgehead atoms. The van der Waals surface area contributed by atoms with Crippen molar-refractivity contribution in [3.8, 4) is 0 Å². The summed E-state index contributed by atoms with van der Waals surface area (Å²) in [6.45, 7) is 10.2. The molecule has 0 radical (unpaired) electrons. The third-order valence-electron chi connectivity index (χ3n) is 17.7. The summed E-state index contributed by atoms with van der Waals surface area (Å²) in [6.07, 6.45) is 3.30. The van der Waals surface area contributed by atoms with E-state index in [-0.39, 0.29) is 11.5 Å². The van der Waals surface area contributed by atoms with Gasteiger partial charge in [0.05, 0.1) is 33.0 Å². The van der Waals surface area contributed by atoms with Gasteiger partial charge in [0.2, 0.25) is 0 Å². The lowest BCUT2D eigenvalue weighted by molar-refractivity contribution is 0.0112. The Hall–Kier alpha value is -5.36.